The van der Waals surface area contributed by atoms with Gasteiger partial charge in [0.25, 0.3) is 0 Å². The summed E-state index contributed by atoms with van der Waals surface area (Å²) in [6.45, 7) is 1.63. The van der Waals surface area contributed by atoms with Crippen LogP contribution in [0.4, 0.5) is 4.39 Å². The van der Waals surface area contributed by atoms with Gasteiger partial charge in [-0.05, 0) is 42.8 Å². The van der Waals surface area contributed by atoms with Crippen molar-refractivity contribution >= 4 is 27.6 Å². The Labute approximate surface area is 168 Å². The summed E-state index contributed by atoms with van der Waals surface area (Å²) in [7, 11) is 0. The highest BCUT2D eigenvalue weighted by Crippen LogP contribution is 2.34. The standard InChI is InChI=1S/C22H15FO5S/c1-13-2-4-14(5-3-13)18-10-17(11-19-21(18)28-22(25)29-19)27-20(24)12-26-16-8-6-15(23)7-9-16/h2-11H,12H2,1H3. The Morgan fingerprint density at radius 3 is 2.48 bits per heavy atom. The minimum absolute atomic E-state index is 0.276. The Kier molecular flexibility index (Phi) is 5.14. The van der Waals surface area contributed by atoms with E-state index in [9.17, 15) is 14.0 Å². The van der Waals surface area contributed by atoms with E-state index in [2.05, 4.69) is 0 Å². The molecule has 0 bridgehead atoms. The molecule has 0 atom stereocenters. The van der Waals surface area contributed by atoms with Crippen LogP contribution < -0.4 is 14.4 Å². The van der Waals surface area contributed by atoms with Crippen LogP contribution in [0, 0.1) is 12.7 Å². The Hall–Kier alpha value is -3.45. The minimum Gasteiger partial charge on any atom is -0.482 e. The molecule has 7 heteroatoms. The molecular formula is C22H15FO5S. The van der Waals surface area contributed by atoms with Crippen molar-refractivity contribution in [2.24, 2.45) is 0 Å². The summed E-state index contributed by atoms with van der Waals surface area (Å²) >= 11 is 0.937. The summed E-state index contributed by atoms with van der Waals surface area (Å²) in [5.41, 5.74) is 3.04. The van der Waals surface area contributed by atoms with Gasteiger partial charge in [0, 0.05) is 11.6 Å². The molecule has 0 saturated heterocycles. The Balaban J connectivity index is 1.58. The smallest absolute Gasteiger partial charge is 0.396 e. The van der Waals surface area contributed by atoms with E-state index in [0.29, 0.717) is 21.6 Å². The van der Waals surface area contributed by atoms with Gasteiger partial charge in [0.15, 0.2) is 12.2 Å². The molecule has 3 aromatic carbocycles. The van der Waals surface area contributed by atoms with Crippen molar-refractivity contribution in [3.63, 3.8) is 0 Å². The average Bonchev–Trinajstić information content (AvgIpc) is 3.08. The van der Waals surface area contributed by atoms with Gasteiger partial charge in [-0.3, -0.25) is 0 Å². The second-order valence-electron chi connectivity index (χ2n) is 6.33. The van der Waals surface area contributed by atoms with E-state index in [1.807, 2.05) is 31.2 Å². The number of hydrogen-bond donors (Lipinski definition) is 0. The molecule has 0 aliphatic heterocycles. The maximum atomic E-state index is 12.9. The largest absolute Gasteiger partial charge is 0.482 e. The quantitative estimate of drug-likeness (QED) is 0.344. The molecule has 0 unspecified atom stereocenters. The monoisotopic (exact) mass is 410 g/mol. The van der Waals surface area contributed by atoms with Crippen molar-refractivity contribution in [1.29, 1.82) is 0 Å². The van der Waals surface area contributed by atoms with Crippen molar-refractivity contribution in [2.45, 2.75) is 6.92 Å². The second kappa shape index (κ2) is 7.89. The maximum Gasteiger partial charge on any atom is 0.396 e. The molecule has 0 amide bonds. The van der Waals surface area contributed by atoms with Gasteiger partial charge in [0.2, 0.25) is 0 Å². The van der Waals surface area contributed by atoms with Crippen LogP contribution in [0.5, 0.6) is 11.5 Å². The maximum absolute atomic E-state index is 12.9. The average molecular weight is 410 g/mol. The predicted octanol–water partition coefficient (Wildman–Crippen LogP) is 4.95. The van der Waals surface area contributed by atoms with Crippen LogP contribution in [-0.4, -0.2) is 12.6 Å². The lowest BCUT2D eigenvalue weighted by Crippen LogP contribution is -2.17. The van der Waals surface area contributed by atoms with Gasteiger partial charge in [0.1, 0.15) is 17.3 Å². The highest BCUT2D eigenvalue weighted by atomic mass is 32.1. The summed E-state index contributed by atoms with van der Waals surface area (Å²) < 4.78 is 29.5. The molecular weight excluding hydrogens is 395 g/mol. The number of rotatable bonds is 5. The number of ether oxygens (including phenoxy) is 2. The zero-order valence-electron chi connectivity index (χ0n) is 15.3. The van der Waals surface area contributed by atoms with Crippen molar-refractivity contribution in [1.82, 2.24) is 0 Å². The van der Waals surface area contributed by atoms with Gasteiger partial charge in [-0.2, -0.15) is 0 Å². The molecule has 0 aliphatic carbocycles. The molecule has 4 rings (SSSR count). The Morgan fingerprint density at radius 1 is 1.03 bits per heavy atom. The van der Waals surface area contributed by atoms with E-state index >= 15 is 0 Å². The van der Waals surface area contributed by atoms with E-state index in [4.69, 9.17) is 13.9 Å². The summed E-state index contributed by atoms with van der Waals surface area (Å²) in [4.78, 5) is 23.5. The number of aryl methyl sites for hydroxylation is 1. The second-order valence-corrected chi connectivity index (χ2v) is 7.31. The Bertz CT molecular complexity index is 1220. The number of benzene rings is 3. The van der Waals surface area contributed by atoms with Crippen LogP contribution in [0.3, 0.4) is 0 Å². The van der Waals surface area contributed by atoms with Crippen LogP contribution in [0.2, 0.25) is 0 Å². The number of halogens is 1. The molecule has 0 fully saturated rings. The van der Waals surface area contributed by atoms with Gasteiger partial charge in [-0.1, -0.05) is 41.2 Å². The molecule has 0 saturated carbocycles. The molecule has 0 spiro atoms. The van der Waals surface area contributed by atoms with E-state index in [-0.39, 0.29) is 12.4 Å². The summed E-state index contributed by atoms with van der Waals surface area (Å²) in [6.07, 6.45) is 0. The van der Waals surface area contributed by atoms with Gasteiger partial charge in [-0.15, -0.1) is 0 Å². The first kappa shape index (κ1) is 18.9. The first-order valence-electron chi connectivity index (χ1n) is 8.72. The SMILES string of the molecule is Cc1ccc(-c2cc(OC(=O)COc3ccc(F)cc3)cc3sc(=O)oc23)cc1. The molecule has 1 heterocycles. The number of hydrogen-bond acceptors (Lipinski definition) is 6. The lowest BCUT2D eigenvalue weighted by Gasteiger charge is -2.09. The first-order chi connectivity index (χ1) is 14.0. The molecule has 4 aromatic rings. The number of esters is 1. The first-order valence-corrected chi connectivity index (χ1v) is 9.53. The predicted molar refractivity (Wildman–Crippen MR) is 108 cm³/mol. The molecule has 1 aromatic heterocycles. The van der Waals surface area contributed by atoms with E-state index in [0.717, 1.165) is 22.5 Å². The number of fused-ring (bicyclic) bond motifs is 1. The van der Waals surface area contributed by atoms with E-state index in [1.54, 1.807) is 12.1 Å². The zero-order chi connectivity index (χ0) is 20.4. The topological polar surface area (TPSA) is 65.7 Å². The van der Waals surface area contributed by atoms with Gasteiger partial charge in [0.05, 0.1) is 4.70 Å². The van der Waals surface area contributed by atoms with Crippen molar-refractivity contribution in [2.75, 3.05) is 6.61 Å². The third kappa shape index (κ3) is 4.35. The van der Waals surface area contributed by atoms with Crippen molar-refractivity contribution in [3.05, 3.63) is 81.8 Å². The lowest BCUT2D eigenvalue weighted by molar-refractivity contribution is -0.136. The molecule has 0 N–H and O–H groups in total. The molecule has 0 aliphatic rings. The molecule has 29 heavy (non-hydrogen) atoms. The van der Waals surface area contributed by atoms with Crippen molar-refractivity contribution in [3.8, 4) is 22.6 Å². The zero-order valence-corrected chi connectivity index (χ0v) is 16.1. The van der Waals surface area contributed by atoms with Crippen LogP contribution in [0.1, 0.15) is 5.56 Å². The molecule has 0 radical (unpaired) electrons. The lowest BCUT2D eigenvalue weighted by atomic mass is 10.0. The third-order valence-corrected chi connectivity index (χ3v) is 4.94. The van der Waals surface area contributed by atoms with Crippen LogP contribution in [-0.2, 0) is 4.79 Å². The highest BCUT2D eigenvalue weighted by Gasteiger charge is 2.15. The summed E-state index contributed by atoms with van der Waals surface area (Å²) in [5.74, 6) is -0.389. The molecule has 5 nitrogen and oxygen atoms in total. The van der Waals surface area contributed by atoms with Crippen LogP contribution in [0.25, 0.3) is 21.4 Å². The normalized spacial score (nSPS) is 10.8. The van der Waals surface area contributed by atoms with Crippen molar-refractivity contribution < 1.29 is 23.1 Å². The third-order valence-electron chi connectivity index (χ3n) is 4.17. The summed E-state index contributed by atoms with van der Waals surface area (Å²) in [6, 6.07) is 16.3. The number of carbonyl (C=O) groups is 1. The van der Waals surface area contributed by atoms with E-state index < -0.39 is 16.7 Å². The fourth-order valence-corrected chi connectivity index (χ4v) is 3.52. The van der Waals surface area contributed by atoms with Gasteiger partial charge >= 0.3 is 10.9 Å². The highest BCUT2D eigenvalue weighted by molar-refractivity contribution is 7.16. The van der Waals surface area contributed by atoms with Crippen LogP contribution in [0.15, 0.2) is 69.9 Å². The Morgan fingerprint density at radius 2 is 1.76 bits per heavy atom. The number of carbonyl (C=O) groups excluding carboxylic acids is 1. The van der Waals surface area contributed by atoms with Gasteiger partial charge < -0.3 is 13.9 Å². The minimum atomic E-state index is -0.626. The summed E-state index contributed by atoms with van der Waals surface area (Å²) in [5, 5.41) is 0. The van der Waals surface area contributed by atoms with Crippen LogP contribution >= 0.6 is 11.3 Å². The fourth-order valence-electron chi connectivity index (χ4n) is 2.79. The molecule has 146 valence electrons. The van der Waals surface area contributed by atoms with Gasteiger partial charge in [-0.25, -0.2) is 14.0 Å². The fraction of sp³-hybridized carbons (Fsp3) is 0.0909. The van der Waals surface area contributed by atoms with E-state index in [1.165, 1.54) is 24.3 Å².